The Morgan fingerprint density at radius 1 is 1.14 bits per heavy atom. The Kier molecular flexibility index (Phi) is 5.56. The highest BCUT2D eigenvalue weighted by Gasteiger charge is 2.28. The van der Waals surface area contributed by atoms with Gasteiger partial charge >= 0.3 is 0 Å². The quantitative estimate of drug-likeness (QED) is 0.752. The van der Waals surface area contributed by atoms with Crippen LogP contribution in [0, 0.1) is 5.92 Å². The highest BCUT2D eigenvalue weighted by molar-refractivity contribution is 5.73. The first-order valence-electron chi connectivity index (χ1n) is 10.3. The van der Waals surface area contributed by atoms with E-state index in [0.717, 1.165) is 43.3 Å². The fourth-order valence-corrected chi connectivity index (χ4v) is 3.69. The molecule has 2 aliphatic rings. The highest BCUT2D eigenvalue weighted by atomic mass is 16.5. The predicted octanol–water partition coefficient (Wildman–Crippen LogP) is 4.09. The van der Waals surface area contributed by atoms with Crippen molar-refractivity contribution in [2.75, 3.05) is 6.61 Å². The first-order valence-corrected chi connectivity index (χ1v) is 10.3. The summed E-state index contributed by atoms with van der Waals surface area (Å²) < 4.78 is 11.9. The normalized spacial score (nSPS) is 18.9. The number of hydrogen-bond donors (Lipinski definition) is 1. The van der Waals surface area contributed by atoms with Crippen molar-refractivity contribution in [3.8, 4) is 11.5 Å². The zero-order chi connectivity index (χ0) is 19.5. The van der Waals surface area contributed by atoms with E-state index in [2.05, 4.69) is 47.8 Å². The summed E-state index contributed by atoms with van der Waals surface area (Å²) in [7, 11) is 0. The molecular formula is C24H29NO3. The van der Waals surface area contributed by atoms with Crippen LogP contribution in [0.5, 0.6) is 11.5 Å². The van der Waals surface area contributed by atoms with Crippen LogP contribution in [-0.4, -0.2) is 24.7 Å². The summed E-state index contributed by atoms with van der Waals surface area (Å²) in [5.74, 6) is 2.70. The van der Waals surface area contributed by atoms with Crippen molar-refractivity contribution in [2.24, 2.45) is 5.92 Å². The zero-order valence-electron chi connectivity index (χ0n) is 16.7. The monoisotopic (exact) mass is 379 g/mol. The van der Waals surface area contributed by atoms with Gasteiger partial charge in [0.15, 0.2) is 0 Å². The van der Waals surface area contributed by atoms with Crippen molar-refractivity contribution in [1.82, 2.24) is 5.32 Å². The SMILES string of the molecule is CC(=O)N[C@@H](C)[C@@H]1Cc2ccc(CCc3ccc(OCC4CC4)cc3)cc2O1. The maximum absolute atomic E-state index is 11.3. The Bertz CT molecular complexity index is 826. The van der Waals surface area contributed by atoms with Crippen LogP contribution in [0.25, 0.3) is 0 Å². The molecule has 1 fully saturated rings. The van der Waals surface area contributed by atoms with Gasteiger partial charge in [0.1, 0.15) is 17.6 Å². The van der Waals surface area contributed by atoms with Crippen LogP contribution in [0.15, 0.2) is 42.5 Å². The number of fused-ring (bicyclic) bond motifs is 1. The van der Waals surface area contributed by atoms with Crippen LogP contribution < -0.4 is 14.8 Å². The molecule has 0 unspecified atom stereocenters. The maximum atomic E-state index is 11.3. The molecule has 4 nitrogen and oxygen atoms in total. The van der Waals surface area contributed by atoms with Crippen LogP contribution in [0.1, 0.15) is 43.4 Å². The van der Waals surface area contributed by atoms with Crippen LogP contribution in [0.4, 0.5) is 0 Å². The van der Waals surface area contributed by atoms with Gasteiger partial charge in [0.25, 0.3) is 0 Å². The van der Waals surface area contributed by atoms with Crippen molar-refractivity contribution >= 4 is 5.91 Å². The molecule has 0 aromatic heterocycles. The number of hydrogen-bond acceptors (Lipinski definition) is 3. The molecule has 28 heavy (non-hydrogen) atoms. The molecule has 1 aliphatic heterocycles. The molecule has 1 aliphatic carbocycles. The Morgan fingerprint density at radius 2 is 1.86 bits per heavy atom. The van der Waals surface area contributed by atoms with E-state index in [4.69, 9.17) is 9.47 Å². The number of rotatable bonds is 8. The molecule has 0 saturated heterocycles. The molecule has 1 N–H and O–H groups in total. The van der Waals surface area contributed by atoms with Crippen LogP contribution >= 0.6 is 0 Å². The standard InChI is InChI=1S/C24H29NO3/c1-16(25-17(2)26)23-14-21-10-7-19(13-24(21)28-23)4-3-18-8-11-22(12-9-18)27-15-20-5-6-20/h7-13,16,20,23H,3-6,14-15H2,1-2H3,(H,25,26)/t16-,23-/m0/s1. The molecular weight excluding hydrogens is 350 g/mol. The lowest BCUT2D eigenvalue weighted by atomic mass is 10.0. The van der Waals surface area contributed by atoms with E-state index in [1.807, 2.05) is 6.92 Å². The van der Waals surface area contributed by atoms with Gasteiger partial charge < -0.3 is 14.8 Å². The number of nitrogens with one attached hydrogen (secondary N) is 1. The van der Waals surface area contributed by atoms with Crippen LogP contribution in [0.3, 0.4) is 0 Å². The van der Waals surface area contributed by atoms with Gasteiger partial charge in [0.05, 0.1) is 12.6 Å². The molecule has 4 rings (SSSR count). The minimum atomic E-state index is -0.0169. The molecule has 2 atom stereocenters. The van der Waals surface area contributed by atoms with Gasteiger partial charge in [-0.1, -0.05) is 24.3 Å². The molecule has 0 bridgehead atoms. The van der Waals surface area contributed by atoms with Gasteiger partial charge in [0, 0.05) is 13.3 Å². The Hall–Kier alpha value is -2.49. The lowest BCUT2D eigenvalue weighted by Gasteiger charge is -2.19. The lowest BCUT2D eigenvalue weighted by molar-refractivity contribution is -0.120. The number of aryl methyl sites for hydroxylation is 2. The predicted molar refractivity (Wildman–Crippen MR) is 110 cm³/mol. The Morgan fingerprint density at radius 3 is 2.57 bits per heavy atom. The summed E-state index contributed by atoms with van der Waals surface area (Å²) in [6.45, 7) is 4.40. The number of carbonyl (C=O) groups excluding carboxylic acids is 1. The van der Waals surface area contributed by atoms with E-state index < -0.39 is 0 Å². The molecule has 1 saturated carbocycles. The molecule has 1 heterocycles. The van der Waals surface area contributed by atoms with Crippen LogP contribution in [-0.2, 0) is 24.1 Å². The van der Waals surface area contributed by atoms with Crippen LogP contribution in [0.2, 0.25) is 0 Å². The Labute approximate surface area is 167 Å². The van der Waals surface area contributed by atoms with Gasteiger partial charge in [-0.15, -0.1) is 0 Å². The minimum Gasteiger partial charge on any atom is -0.493 e. The first kappa shape index (κ1) is 18.9. The molecule has 2 aromatic rings. The van der Waals surface area contributed by atoms with Gasteiger partial charge in [0.2, 0.25) is 5.91 Å². The minimum absolute atomic E-state index is 0.00833. The van der Waals surface area contributed by atoms with Gasteiger partial charge in [-0.2, -0.15) is 0 Å². The third kappa shape index (κ3) is 4.86. The van der Waals surface area contributed by atoms with E-state index in [0.29, 0.717) is 0 Å². The maximum Gasteiger partial charge on any atom is 0.217 e. The summed E-state index contributed by atoms with van der Waals surface area (Å²) >= 11 is 0. The van der Waals surface area contributed by atoms with Crippen molar-refractivity contribution in [3.63, 3.8) is 0 Å². The number of ether oxygens (including phenoxy) is 2. The smallest absolute Gasteiger partial charge is 0.217 e. The molecule has 2 aromatic carbocycles. The summed E-state index contributed by atoms with van der Waals surface area (Å²) in [6.07, 6.45) is 5.46. The van der Waals surface area contributed by atoms with Gasteiger partial charge in [-0.25, -0.2) is 0 Å². The van der Waals surface area contributed by atoms with E-state index in [9.17, 15) is 4.79 Å². The molecule has 1 amide bonds. The number of amides is 1. The largest absolute Gasteiger partial charge is 0.493 e. The highest BCUT2D eigenvalue weighted by Crippen LogP contribution is 2.32. The molecule has 148 valence electrons. The van der Waals surface area contributed by atoms with E-state index >= 15 is 0 Å². The summed E-state index contributed by atoms with van der Waals surface area (Å²) in [4.78, 5) is 11.3. The van der Waals surface area contributed by atoms with Gasteiger partial charge in [-0.05, 0) is 73.4 Å². The Balaban J connectivity index is 1.30. The van der Waals surface area contributed by atoms with Crippen molar-refractivity contribution in [2.45, 2.75) is 58.1 Å². The van der Waals surface area contributed by atoms with Crippen molar-refractivity contribution in [1.29, 1.82) is 0 Å². The zero-order valence-corrected chi connectivity index (χ0v) is 16.7. The van der Waals surface area contributed by atoms with E-state index in [1.54, 1.807) is 6.92 Å². The lowest BCUT2D eigenvalue weighted by Crippen LogP contribution is -2.42. The molecule has 4 heteroatoms. The fourth-order valence-electron chi connectivity index (χ4n) is 3.69. The molecule has 0 radical (unpaired) electrons. The second-order valence-electron chi connectivity index (χ2n) is 8.19. The van der Waals surface area contributed by atoms with Crippen molar-refractivity contribution < 1.29 is 14.3 Å². The number of carbonyl (C=O) groups is 1. The molecule has 0 spiro atoms. The average molecular weight is 380 g/mol. The van der Waals surface area contributed by atoms with E-state index in [1.165, 1.54) is 29.5 Å². The summed E-state index contributed by atoms with van der Waals surface area (Å²) in [5.41, 5.74) is 3.82. The average Bonchev–Trinajstić information content (AvgIpc) is 3.41. The first-order chi connectivity index (χ1) is 13.6. The number of benzene rings is 2. The second-order valence-corrected chi connectivity index (χ2v) is 8.19. The fraction of sp³-hybridized carbons (Fsp3) is 0.458. The topological polar surface area (TPSA) is 47.6 Å². The third-order valence-electron chi connectivity index (χ3n) is 5.63. The van der Waals surface area contributed by atoms with E-state index in [-0.39, 0.29) is 18.1 Å². The van der Waals surface area contributed by atoms with Crippen molar-refractivity contribution in [3.05, 3.63) is 59.2 Å². The summed E-state index contributed by atoms with van der Waals surface area (Å²) in [5, 5.41) is 2.93. The summed E-state index contributed by atoms with van der Waals surface area (Å²) in [6, 6.07) is 15.0. The second kappa shape index (κ2) is 8.26. The van der Waals surface area contributed by atoms with Gasteiger partial charge in [-0.3, -0.25) is 4.79 Å². The third-order valence-corrected chi connectivity index (χ3v) is 5.63.